The Kier molecular flexibility index (Phi) is 4.42. The molecule has 2 rings (SSSR count). The van der Waals surface area contributed by atoms with Crippen molar-refractivity contribution in [2.75, 3.05) is 32.9 Å². The fraction of sp³-hybridized carbons (Fsp3) is 0.538. The minimum absolute atomic E-state index is 0.0772. The number of halogens is 1. The summed E-state index contributed by atoms with van der Waals surface area (Å²) in [4.78, 5) is 20.4. The van der Waals surface area contributed by atoms with Crippen molar-refractivity contribution in [2.24, 2.45) is 0 Å². The second-order valence-electron chi connectivity index (χ2n) is 5.05. The number of aromatic nitrogens is 1. The zero-order valence-electron chi connectivity index (χ0n) is 11.3. The van der Waals surface area contributed by atoms with Gasteiger partial charge in [-0.25, -0.2) is 4.98 Å². The maximum atomic E-state index is 12.4. The van der Waals surface area contributed by atoms with Gasteiger partial charge in [-0.1, -0.05) is 0 Å². The number of nitrogens with two attached hydrogens (primary N) is 1. The highest BCUT2D eigenvalue weighted by atomic mass is 79.9. The summed E-state index contributed by atoms with van der Waals surface area (Å²) in [6.45, 7) is 1.83. The van der Waals surface area contributed by atoms with Crippen LogP contribution in [0, 0.1) is 0 Å². The van der Waals surface area contributed by atoms with Crippen LogP contribution in [-0.4, -0.2) is 53.9 Å². The monoisotopic (exact) mass is 326 g/mol. The summed E-state index contributed by atoms with van der Waals surface area (Å²) in [6.07, 6.45) is 3.93. The Hall–Kier alpha value is -1.14. The molecule has 2 heterocycles. The van der Waals surface area contributed by atoms with Crippen LogP contribution in [0.1, 0.15) is 23.2 Å². The second kappa shape index (κ2) is 5.88. The molecular formula is C13H19BrN4O. The van der Waals surface area contributed by atoms with Crippen LogP contribution in [0.15, 0.2) is 16.7 Å². The van der Waals surface area contributed by atoms with Crippen LogP contribution in [0.5, 0.6) is 0 Å². The van der Waals surface area contributed by atoms with Gasteiger partial charge in [0, 0.05) is 30.3 Å². The Morgan fingerprint density at radius 1 is 1.68 bits per heavy atom. The van der Waals surface area contributed by atoms with E-state index in [9.17, 15) is 4.79 Å². The number of carbonyl (C=O) groups excluding carboxylic acids is 1. The lowest BCUT2D eigenvalue weighted by Crippen LogP contribution is -2.39. The summed E-state index contributed by atoms with van der Waals surface area (Å²) in [6, 6.07) is 2.16. The number of anilines is 1. The summed E-state index contributed by atoms with van der Waals surface area (Å²) in [5.41, 5.74) is 6.23. The summed E-state index contributed by atoms with van der Waals surface area (Å²) < 4.78 is 0.761. The van der Waals surface area contributed by atoms with E-state index >= 15 is 0 Å². The number of carbonyl (C=O) groups is 1. The number of hydrogen-bond donors (Lipinski definition) is 1. The van der Waals surface area contributed by atoms with Crippen LogP contribution in [0.25, 0.3) is 0 Å². The van der Waals surface area contributed by atoms with Gasteiger partial charge in [0.2, 0.25) is 0 Å². The van der Waals surface area contributed by atoms with Crippen molar-refractivity contribution in [2.45, 2.75) is 18.9 Å². The highest BCUT2D eigenvalue weighted by molar-refractivity contribution is 9.10. The first-order valence-electron chi connectivity index (χ1n) is 6.35. The predicted molar refractivity (Wildman–Crippen MR) is 79.0 cm³/mol. The summed E-state index contributed by atoms with van der Waals surface area (Å²) in [5.74, 6) is 0.200. The number of pyridine rings is 1. The summed E-state index contributed by atoms with van der Waals surface area (Å²) in [5, 5.41) is 0. The first-order chi connectivity index (χ1) is 8.99. The van der Waals surface area contributed by atoms with Crippen LogP contribution < -0.4 is 5.73 Å². The molecule has 6 heteroatoms. The van der Waals surface area contributed by atoms with Gasteiger partial charge in [0.05, 0.1) is 5.56 Å². The van der Waals surface area contributed by atoms with E-state index in [1.54, 1.807) is 17.2 Å². The van der Waals surface area contributed by atoms with E-state index in [-0.39, 0.29) is 11.7 Å². The van der Waals surface area contributed by atoms with Crippen molar-refractivity contribution in [1.82, 2.24) is 14.8 Å². The predicted octanol–water partition coefficient (Wildman–Crippen LogP) is 1.59. The molecule has 1 fully saturated rings. The highest BCUT2D eigenvalue weighted by Crippen LogP contribution is 2.19. The van der Waals surface area contributed by atoms with Crippen LogP contribution >= 0.6 is 15.9 Å². The number of nitrogens with zero attached hydrogens (tertiary/aromatic N) is 3. The molecule has 0 bridgehead atoms. The fourth-order valence-corrected chi connectivity index (χ4v) is 2.77. The number of hydrogen-bond acceptors (Lipinski definition) is 4. The zero-order valence-corrected chi connectivity index (χ0v) is 12.9. The van der Waals surface area contributed by atoms with E-state index in [2.05, 4.69) is 32.9 Å². The molecule has 0 spiro atoms. The SMILES string of the molecule is CN(CC1CCCN1C)C(=O)c1cc(Br)cnc1N. The number of likely N-dealkylation sites (N-methyl/N-ethyl adjacent to an activating group) is 2. The first-order valence-corrected chi connectivity index (χ1v) is 7.15. The molecule has 1 amide bonds. The summed E-state index contributed by atoms with van der Waals surface area (Å²) >= 11 is 3.31. The molecule has 5 nitrogen and oxygen atoms in total. The molecule has 19 heavy (non-hydrogen) atoms. The average Bonchev–Trinajstić information content (AvgIpc) is 2.77. The minimum Gasteiger partial charge on any atom is -0.383 e. The largest absolute Gasteiger partial charge is 0.383 e. The van der Waals surface area contributed by atoms with E-state index in [0.717, 1.165) is 24.0 Å². The van der Waals surface area contributed by atoms with E-state index in [4.69, 9.17) is 5.73 Å². The molecule has 0 aliphatic carbocycles. The maximum absolute atomic E-state index is 12.4. The van der Waals surface area contributed by atoms with Gasteiger partial charge in [-0.2, -0.15) is 0 Å². The molecule has 1 unspecified atom stereocenters. The molecule has 1 aliphatic heterocycles. The standard InChI is InChI=1S/C13H19BrN4O/c1-17-5-3-4-10(17)8-18(2)13(19)11-6-9(14)7-16-12(11)15/h6-7,10H,3-5,8H2,1-2H3,(H2,15,16). The molecule has 1 aromatic rings. The average molecular weight is 327 g/mol. The highest BCUT2D eigenvalue weighted by Gasteiger charge is 2.25. The molecular weight excluding hydrogens is 308 g/mol. The fourth-order valence-electron chi connectivity index (χ4n) is 2.44. The molecule has 1 aromatic heterocycles. The van der Waals surface area contributed by atoms with Crippen molar-refractivity contribution >= 4 is 27.7 Å². The second-order valence-corrected chi connectivity index (χ2v) is 5.96. The third-order valence-corrected chi connectivity index (χ3v) is 4.05. The van der Waals surface area contributed by atoms with Crippen molar-refractivity contribution in [3.8, 4) is 0 Å². The van der Waals surface area contributed by atoms with Gasteiger partial charge >= 0.3 is 0 Å². The number of amides is 1. The van der Waals surface area contributed by atoms with Crippen LogP contribution in [0.3, 0.4) is 0 Å². The smallest absolute Gasteiger partial charge is 0.257 e. The lowest BCUT2D eigenvalue weighted by atomic mass is 10.2. The molecule has 1 atom stereocenters. The number of likely N-dealkylation sites (tertiary alicyclic amines) is 1. The van der Waals surface area contributed by atoms with Crippen LogP contribution in [0.4, 0.5) is 5.82 Å². The van der Waals surface area contributed by atoms with Gasteiger partial charge in [-0.15, -0.1) is 0 Å². The van der Waals surface area contributed by atoms with Gasteiger partial charge in [0.15, 0.2) is 0 Å². The van der Waals surface area contributed by atoms with E-state index in [1.165, 1.54) is 6.42 Å². The van der Waals surface area contributed by atoms with E-state index < -0.39 is 0 Å². The van der Waals surface area contributed by atoms with Gasteiger partial charge < -0.3 is 15.5 Å². The quantitative estimate of drug-likeness (QED) is 0.916. The van der Waals surface area contributed by atoms with Gasteiger partial charge in [-0.05, 0) is 48.4 Å². The molecule has 0 aromatic carbocycles. The molecule has 0 radical (unpaired) electrons. The van der Waals surface area contributed by atoms with Crippen molar-refractivity contribution in [3.63, 3.8) is 0 Å². The topological polar surface area (TPSA) is 62.5 Å². The molecule has 1 aliphatic rings. The Morgan fingerprint density at radius 3 is 3.05 bits per heavy atom. The zero-order chi connectivity index (χ0) is 14.0. The Bertz CT molecular complexity index is 480. The van der Waals surface area contributed by atoms with Crippen molar-refractivity contribution < 1.29 is 4.79 Å². The maximum Gasteiger partial charge on any atom is 0.257 e. The third kappa shape index (κ3) is 3.25. The third-order valence-electron chi connectivity index (χ3n) is 3.62. The molecule has 104 valence electrons. The molecule has 1 saturated heterocycles. The van der Waals surface area contributed by atoms with Crippen LogP contribution in [0.2, 0.25) is 0 Å². The normalized spacial score (nSPS) is 19.6. The van der Waals surface area contributed by atoms with E-state index in [0.29, 0.717) is 11.6 Å². The lowest BCUT2D eigenvalue weighted by molar-refractivity contribution is 0.0762. The van der Waals surface area contributed by atoms with E-state index in [1.807, 2.05) is 7.05 Å². The first kappa shape index (κ1) is 14.3. The van der Waals surface area contributed by atoms with Gasteiger partial charge in [0.25, 0.3) is 5.91 Å². The lowest BCUT2D eigenvalue weighted by Gasteiger charge is -2.26. The number of rotatable bonds is 3. The van der Waals surface area contributed by atoms with Crippen LogP contribution in [-0.2, 0) is 0 Å². The molecule has 2 N–H and O–H groups in total. The van der Waals surface area contributed by atoms with Crippen molar-refractivity contribution in [1.29, 1.82) is 0 Å². The van der Waals surface area contributed by atoms with Gasteiger partial charge in [-0.3, -0.25) is 4.79 Å². The van der Waals surface area contributed by atoms with Gasteiger partial charge in [0.1, 0.15) is 5.82 Å². The Balaban J connectivity index is 2.08. The van der Waals surface area contributed by atoms with Crippen molar-refractivity contribution in [3.05, 3.63) is 22.3 Å². The number of nitrogen functional groups attached to an aromatic ring is 1. The molecule has 0 saturated carbocycles. The minimum atomic E-state index is -0.0772. The Labute approximate surface area is 121 Å². The Morgan fingerprint density at radius 2 is 2.42 bits per heavy atom. The summed E-state index contributed by atoms with van der Waals surface area (Å²) in [7, 11) is 3.92.